The summed E-state index contributed by atoms with van der Waals surface area (Å²) < 4.78 is 37.4. The molecule has 0 radical (unpaired) electrons. The van der Waals surface area contributed by atoms with Gasteiger partial charge < -0.3 is 9.50 Å². The van der Waals surface area contributed by atoms with Crippen molar-refractivity contribution < 1.29 is 21.3 Å². The van der Waals surface area contributed by atoms with Crippen LogP contribution >= 0.6 is 0 Å². The van der Waals surface area contributed by atoms with Gasteiger partial charge in [-0.15, -0.1) is 0 Å². The molecule has 1 aromatic rings. The zero-order valence-corrected chi connectivity index (χ0v) is 14.0. The van der Waals surface area contributed by atoms with E-state index < -0.39 is 10.5 Å². The maximum atomic E-state index is 12.4. The van der Waals surface area contributed by atoms with E-state index in [0.717, 1.165) is 5.56 Å². The van der Waals surface area contributed by atoms with Gasteiger partial charge in [0.2, 0.25) is 0 Å². The van der Waals surface area contributed by atoms with Gasteiger partial charge in [-0.05, 0) is 24.1 Å². The quantitative estimate of drug-likeness (QED) is 0.741. The summed E-state index contributed by atoms with van der Waals surface area (Å²) in [7, 11) is -5.02. The van der Waals surface area contributed by atoms with Crippen LogP contribution in [0.4, 0.5) is 3.89 Å². The van der Waals surface area contributed by atoms with Gasteiger partial charge in [0.25, 0.3) is 0 Å². The third-order valence-electron chi connectivity index (χ3n) is 3.01. The van der Waals surface area contributed by atoms with Crippen molar-refractivity contribution in [2.45, 2.75) is 46.2 Å². The second kappa shape index (κ2) is 7.69. The van der Waals surface area contributed by atoms with Crippen molar-refractivity contribution in [1.29, 1.82) is 0 Å². The summed E-state index contributed by atoms with van der Waals surface area (Å²) in [4.78, 5) is 12.2. The average molecular weight is 331 g/mol. The van der Waals surface area contributed by atoms with Crippen molar-refractivity contribution >= 4 is 16.3 Å². The first-order chi connectivity index (χ1) is 10.1. The lowest BCUT2D eigenvalue weighted by Crippen LogP contribution is -2.44. The van der Waals surface area contributed by atoms with Crippen molar-refractivity contribution in [1.82, 2.24) is 5.32 Å². The molecule has 0 fully saturated rings. The van der Waals surface area contributed by atoms with Gasteiger partial charge in [-0.1, -0.05) is 43.7 Å². The van der Waals surface area contributed by atoms with Crippen LogP contribution in [-0.4, -0.2) is 26.3 Å². The molecule has 1 N–H and O–H groups in total. The third-order valence-corrected chi connectivity index (χ3v) is 3.40. The lowest BCUT2D eigenvalue weighted by Gasteiger charge is -2.22. The Hall–Kier alpha value is -1.47. The molecule has 0 saturated carbocycles. The molecule has 22 heavy (non-hydrogen) atoms. The van der Waals surface area contributed by atoms with Crippen molar-refractivity contribution in [2.75, 3.05) is 0 Å². The number of halogens is 1. The fourth-order valence-electron chi connectivity index (χ4n) is 2.08. The van der Waals surface area contributed by atoms with Crippen LogP contribution in [0, 0.1) is 5.92 Å². The predicted molar refractivity (Wildman–Crippen MR) is 82.7 cm³/mol. The monoisotopic (exact) mass is 331 g/mol. The Morgan fingerprint density at radius 1 is 1.18 bits per heavy atom. The minimum atomic E-state index is -5.02. The molecule has 0 saturated heterocycles. The van der Waals surface area contributed by atoms with E-state index in [4.69, 9.17) is 0 Å². The van der Waals surface area contributed by atoms with E-state index in [0.29, 0.717) is 6.42 Å². The molecule has 0 spiro atoms. The first-order valence-electron chi connectivity index (χ1n) is 7.11. The van der Waals surface area contributed by atoms with Gasteiger partial charge in [-0.25, -0.2) is 0 Å². The van der Waals surface area contributed by atoms with E-state index in [1.807, 2.05) is 27.7 Å². The van der Waals surface area contributed by atoms with Gasteiger partial charge in [0.15, 0.2) is 5.78 Å². The van der Waals surface area contributed by atoms with Crippen LogP contribution in [0.2, 0.25) is 0 Å². The van der Waals surface area contributed by atoms with Crippen LogP contribution in [0.5, 0.6) is 5.75 Å². The lowest BCUT2D eigenvalue weighted by atomic mass is 9.95. The second-order valence-corrected chi connectivity index (χ2v) is 6.71. The highest BCUT2D eigenvalue weighted by atomic mass is 32.3. The zero-order chi connectivity index (χ0) is 16.9. The van der Waals surface area contributed by atoms with Crippen LogP contribution in [0.15, 0.2) is 24.3 Å². The van der Waals surface area contributed by atoms with Crippen molar-refractivity contribution in [3.8, 4) is 5.75 Å². The van der Waals surface area contributed by atoms with E-state index in [9.17, 15) is 17.1 Å². The van der Waals surface area contributed by atoms with E-state index in [1.54, 1.807) is 12.1 Å². The highest BCUT2D eigenvalue weighted by Gasteiger charge is 2.22. The minimum Gasteiger partial charge on any atom is -0.358 e. The molecule has 0 unspecified atom stereocenters. The van der Waals surface area contributed by atoms with Crippen LogP contribution in [0.3, 0.4) is 0 Å². The summed E-state index contributed by atoms with van der Waals surface area (Å²) >= 11 is 0. The highest BCUT2D eigenvalue weighted by Crippen LogP contribution is 2.17. The Morgan fingerprint density at radius 3 is 2.14 bits per heavy atom. The van der Waals surface area contributed by atoms with Gasteiger partial charge in [-0.2, -0.15) is 8.42 Å². The molecule has 0 aliphatic rings. The van der Waals surface area contributed by atoms with Gasteiger partial charge >= 0.3 is 10.5 Å². The van der Waals surface area contributed by atoms with Crippen molar-refractivity contribution in [3.63, 3.8) is 0 Å². The van der Waals surface area contributed by atoms with E-state index >= 15 is 0 Å². The van der Waals surface area contributed by atoms with Crippen LogP contribution < -0.4 is 9.50 Å². The SMILES string of the molecule is CC(C)N[C@@H](Cc1ccc(OS(=O)(=O)F)cc1)C(=O)C(C)C. The van der Waals surface area contributed by atoms with Crippen molar-refractivity contribution in [2.24, 2.45) is 5.92 Å². The third kappa shape index (κ3) is 6.53. The maximum Gasteiger partial charge on any atom is 0.488 e. The average Bonchev–Trinajstić information content (AvgIpc) is 2.37. The van der Waals surface area contributed by atoms with Crippen molar-refractivity contribution in [3.05, 3.63) is 29.8 Å². The molecule has 0 bridgehead atoms. The van der Waals surface area contributed by atoms with E-state index in [2.05, 4.69) is 9.50 Å². The summed E-state index contributed by atoms with van der Waals surface area (Å²) in [6.07, 6.45) is 0.470. The number of ketones is 1. The zero-order valence-electron chi connectivity index (χ0n) is 13.2. The first-order valence-corrected chi connectivity index (χ1v) is 8.42. The molecule has 7 heteroatoms. The minimum absolute atomic E-state index is 0.0875. The van der Waals surface area contributed by atoms with Gasteiger partial charge in [0, 0.05) is 12.0 Å². The number of benzene rings is 1. The lowest BCUT2D eigenvalue weighted by molar-refractivity contribution is -0.124. The van der Waals surface area contributed by atoms with E-state index in [1.165, 1.54) is 12.1 Å². The first kappa shape index (κ1) is 18.6. The van der Waals surface area contributed by atoms with Crippen LogP contribution in [-0.2, 0) is 21.7 Å². The Labute approximate surface area is 131 Å². The molecule has 0 heterocycles. The number of rotatable bonds is 8. The molecule has 0 aromatic heterocycles. The number of carbonyl (C=O) groups excluding carboxylic acids is 1. The molecule has 124 valence electrons. The predicted octanol–water partition coefficient (Wildman–Crippen LogP) is 2.41. The largest absolute Gasteiger partial charge is 0.488 e. The van der Waals surface area contributed by atoms with Gasteiger partial charge in [0.1, 0.15) is 5.75 Å². The Balaban J connectivity index is 2.83. The summed E-state index contributed by atoms with van der Waals surface area (Å²) in [5.41, 5.74) is 0.829. The van der Waals surface area contributed by atoms with E-state index in [-0.39, 0.29) is 29.5 Å². The normalized spacial score (nSPS) is 13.4. The fraction of sp³-hybridized carbons (Fsp3) is 0.533. The van der Waals surface area contributed by atoms with Crippen LogP contribution in [0.1, 0.15) is 33.3 Å². The second-order valence-electron chi connectivity index (χ2n) is 5.76. The number of Topliss-reactive ketones (excluding diaryl/α,β-unsaturated/α-hetero) is 1. The number of hydrogen-bond acceptors (Lipinski definition) is 5. The highest BCUT2D eigenvalue weighted by molar-refractivity contribution is 7.81. The van der Waals surface area contributed by atoms with Gasteiger partial charge in [-0.3, -0.25) is 4.79 Å². The van der Waals surface area contributed by atoms with Gasteiger partial charge in [0.05, 0.1) is 6.04 Å². The topological polar surface area (TPSA) is 72.5 Å². The smallest absolute Gasteiger partial charge is 0.358 e. The maximum absolute atomic E-state index is 12.4. The molecule has 0 aliphatic heterocycles. The summed E-state index contributed by atoms with van der Waals surface area (Å²) in [5, 5.41) is 3.23. The summed E-state index contributed by atoms with van der Waals surface area (Å²) in [6.45, 7) is 7.62. The molecule has 0 amide bonds. The molecule has 5 nitrogen and oxygen atoms in total. The summed E-state index contributed by atoms with van der Waals surface area (Å²) in [5.74, 6) is -0.0781. The standard InChI is InChI=1S/C15H22FNO4S/c1-10(2)15(18)14(17-11(3)4)9-12-5-7-13(8-6-12)21-22(16,19)20/h5-8,10-11,14,17H,9H2,1-4H3/t14-/m0/s1. The molecule has 0 aliphatic carbocycles. The van der Waals surface area contributed by atoms with Crippen LogP contribution in [0.25, 0.3) is 0 Å². The fourth-order valence-corrected chi connectivity index (χ4v) is 2.42. The number of carbonyl (C=O) groups is 1. The molecular weight excluding hydrogens is 309 g/mol. The molecule has 1 aromatic carbocycles. The number of nitrogens with one attached hydrogen (secondary N) is 1. The molecule has 1 atom stereocenters. The Kier molecular flexibility index (Phi) is 6.49. The Bertz CT molecular complexity index is 596. The Morgan fingerprint density at radius 2 is 1.73 bits per heavy atom. The molecule has 1 rings (SSSR count). The number of hydrogen-bond donors (Lipinski definition) is 1. The molecular formula is C15H22FNO4S. The summed E-state index contributed by atoms with van der Waals surface area (Å²) in [6, 6.07) is 5.78.